The average Bonchev–Trinajstić information content (AvgIpc) is 3.62. The average molecular weight is 696 g/mol. The summed E-state index contributed by atoms with van der Waals surface area (Å²) in [5.41, 5.74) is 9.64. The van der Waals surface area contributed by atoms with Crippen LogP contribution < -0.4 is 26.0 Å². The Bertz CT molecular complexity index is 2030. The van der Waals surface area contributed by atoms with Gasteiger partial charge in [-0.15, -0.1) is 5.10 Å². The van der Waals surface area contributed by atoms with Gasteiger partial charge in [0.1, 0.15) is 6.61 Å². The molecule has 0 fully saturated rings. The zero-order valence-corrected chi connectivity index (χ0v) is 28.0. The number of anilines is 1. The van der Waals surface area contributed by atoms with Crippen LogP contribution in [0, 0.1) is 11.6 Å². The highest BCUT2D eigenvalue weighted by Gasteiger charge is 2.20. The fourth-order valence-electron chi connectivity index (χ4n) is 4.69. The van der Waals surface area contributed by atoms with Crippen LogP contribution in [-0.2, 0) is 17.9 Å². The topological polar surface area (TPSA) is 169 Å². The maximum Gasteiger partial charge on any atom is 0.251 e. The molecule has 0 spiro atoms. The summed E-state index contributed by atoms with van der Waals surface area (Å²) in [5, 5.41) is 21.4. The van der Waals surface area contributed by atoms with Crippen molar-refractivity contribution in [3.05, 3.63) is 125 Å². The van der Waals surface area contributed by atoms with Gasteiger partial charge in [0.25, 0.3) is 11.8 Å². The summed E-state index contributed by atoms with van der Waals surface area (Å²) >= 11 is 0. The lowest BCUT2D eigenvalue weighted by Crippen LogP contribution is -2.40. The van der Waals surface area contributed by atoms with Crippen LogP contribution in [0.5, 0.6) is 5.75 Å². The van der Waals surface area contributed by atoms with Crippen LogP contribution in [0.15, 0.2) is 101 Å². The third-order valence-corrected chi connectivity index (χ3v) is 7.60. The molecule has 0 saturated carbocycles. The van der Waals surface area contributed by atoms with Crippen molar-refractivity contribution in [2.75, 3.05) is 25.6 Å². The maximum atomic E-state index is 14.8. The number of rotatable bonds is 14. The second-order valence-corrected chi connectivity index (χ2v) is 11.6. The number of ketones is 1. The molecule has 4 N–H and O–H groups in total. The minimum Gasteiger partial charge on any atom is -0.480 e. The number of nitrogens with zero attached hydrogens (tertiary/aromatic N) is 6. The van der Waals surface area contributed by atoms with E-state index in [9.17, 15) is 23.2 Å². The number of halogens is 2. The Morgan fingerprint density at radius 1 is 0.902 bits per heavy atom. The van der Waals surface area contributed by atoms with E-state index in [1.165, 1.54) is 11.6 Å². The predicted octanol–water partition coefficient (Wildman–Crippen LogP) is 5.18. The summed E-state index contributed by atoms with van der Waals surface area (Å²) in [5.74, 6) is -4.51. The van der Waals surface area contributed by atoms with Crippen LogP contribution in [0.2, 0.25) is 0 Å². The molecular formula is C36H35F2N9O4. The van der Waals surface area contributed by atoms with Gasteiger partial charge in [0, 0.05) is 44.0 Å². The van der Waals surface area contributed by atoms with Crippen molar-refractivity contribution in [3.63, 3.8) is 0 Å². The SMILES string of the molecule is C[C@H](NC(=O)c1cccc(-n2cc(CN)nn2)c1)C(=O)COc1c(F)cc(CNC(=O)c2ccc(/N=N/c3ccc(N(C)C)cc3)cc2)cc1F. The van der Waals surface area contributed by atoms with Gasteiger partial charge in [0.05, 0.1) is 35.0 Å². The molecule has 2 amide bonds. The molecule has 51 heavy (non-hydrogen) atoms. The number of amides is 2. The molecule has 15 heteroatoms. The van der Waals surface area contributed by atoms with Crippen LogP contribution in [-0.4, -0.2) is 59.3 Å². The molecule has 4 aromatic carbocycles. The van der Waals surface area contributed by atoms with Crippen molar-refractivity contribution in [3.8, 4) is 11.4 Å². The molecule has 1 aromatic heterocycles. The summed E-state index contributed by atoms with van der Waals surface area (Å²) in [7, 11) is 3.89. The van der Waals surface area contributed by atoms with E-state index in [1.807, 2.05) is 43.3 Å². The molecule has 0 saturated heterocycles. The number of carbonyl (C=O) groups excluding carboxylic acids is 3. The summed E-state index contributed by atoms with van der Waals surface area (Å²) in [6.07, 6.45) is 1.63. The summed E-state index contributed by atoms with van der Waals surface area (Å²) < 4.78 is 36.3. The fourth-order valence-corrected chi connectivity index (χ4v) is 4.69. The van der Waals surface area contributed by atoms with E-state index in [4.69, 9.17) is 10.5 Å². The molecular weight excluding hydrogens is 660 g/mol. The molecule has 0 radical (unpaired) electrons. The highest BCUT2D eigenvalue weighted by molar-refractivity contribution is 5.98. The van der Waals surface area contributed by atoms with Gasteiger partial charge in [-0.05, 0) is 91.3 Å². The molecule has 0 aliphatic rings. The van der Waals surface area contributed by atoms with Crippen molar-refractivity contribution in [2.24, 2.45) is 16.0 Å². The number of hydrogen-bond acceptors (Lipinski definition) is 10. The first-order chi connectivity index (χ1) is 24.5. The molecule has 1 heterocycles. The molecule has 13 nitrogen and oxygen atoms in total. The Balaban J connectivity index is 1.10. The number of aromatic nitrogens is 3. The van der Waals surface area contributed by atoms with Crippen LogP contribution in [0.3, 0.4) is 0 Å². The van der Waals surface area contributed by atoms with Crippen molar-refractivity contribution in [2.45, 2.75) is 26.1 Å². The van der Waals surface area contributed by atoms with E-state index in [0.29, 0.717) is 28.3 Å². The summed E-state index contributed by atoms with van der Waals surface area (Å²) in [6.45, 7) is 0.758. The second kappa shape index (κ2) is 16.4. The van der Waals surface area contributed by atoms with Gasteiger partial charge >= 0.3 is 0 Å². The molecule has 0 unspecified atom stereocenters. The summed E-state index contributed by atoms with van der Waals surface area (Å²) in [6, 6.07) is 21.4. The van der Waals surface area contributed by atoms with Crippen LogP contribution in [0.25, 0.3) is 5.69 Å². The first-order valence-corrected chi connectivity index (χ1v) is 15.7. The molecule has 0 bridgehead atoms. The Morgan fingerprint density at radius 3 is 2.16 bits per heavy atom. The van der Waals surface area contributed by atoms with Crippen LogP contribution in [0.4, 0.5) is 25.8 Å². The number of azo groups is 1. The molecule has 0 aliphatic carbocycles. The molecule has 0 aliphatic heterocycles. The third kappa shape index (κ3) is 9.42. The lowest BCUT2D eigenvalue weighted by Gasteiger charge is -2.15. The molecule has 1 atom stereocenters. The fraction of sp³-hybridized carbons (Fsp3) is 0.194. The van der Waals surface area contributed by atoms with Gasteiger partial charge in [0.15, 0.2) is 23.2 Å². The van der Waals surface area contributed by atoms with Crippen molar-refractivity contribution < 1.29 is 27.9 Å². The monoisotopic (exact) mass is 695 g/mol. The van der Waals surface area contributed by atoms with Crippen LogP contribution in [0.1, 0.15) is 38.9 Å². The number of Topliss-reactive ketones (excluding diaryl/α,β-unsaturated/α-hetero) is 1. The lowest BCUT2D eigenvalue weighted by atomic mass is 10.1. The van der Waals surface area contributed by atoms with Crippen molar-refractivity contribution in [1.82, 2.24) is 25.6 Å². The Kier molecular flexibility index (Phi) is 11.5. The van der Waals surface area contributed by atoms with Gasteiger partial charge in [-0.25, -0.2) is 13.5 Å². The summed E-state index contributed by atoms with van der Waals surface area (Å²) in [4.78, 5) is 40.1. The van der Waals surface area contributed by atoms with E-state index in [1.54, 1.807) is 54.7 Å². The molecule has 262 valence electrons. The van der Waals surface area contributed by atoms with Gasteiger partial charge in [-0.3, -0.25) is 14.4 Å². The number of nitrogens with two attached hydrogens (primary N) is 1. The standard InChI is InChI=1S/C36H35F2N9O4/c1-22(41-36(50)25-5-4-6-30(17-25)47-20-28(18-39)44-45-47)33(48)21-51-34-31(37)15-23(16-32(34)38)19-40-35(49)24-7-9-26(10-8-24)42-43-27-11-13-29(14-12-27)46(2)3/h4-17,20,22H,18-19,21,39H2,1-3H3,(H,40,49)(H,41,50)/b43-42+/t22-/m0/s1. The van der Waals surface area contributed by atoms with Crippen LogP contribution >= 0.6 is 0 Å². The predicted molar refractivity (Wildman–Crippen MR) is 186 cm³/mol. The number of nitrogens with one attached hydrogen (secondary N) is 2. The highest BCUT2D eigenvalue weighted by Crippen LogP contribution is 2.24. The first-order valence-electron chi connectivity index (χ1n) is 15.7. The zero-order chi connectivity index (χ0) is 36.5. The van der Waals surface area contributed by atoms with Gasteiger partial charge in [-0.2, -0.15) is 10.2 Å². The third-order valence-electron chi connectivity index (χ3n) is 7.60. The van der Waals surface area contributed by atoms with Gasteiger partial charge < -0.3 is 26.0 Å². The highest BCUT2D eigenvalue weighted by atomic mass is 19.1. The molecule has 5 rings (SSSR count). The van der Waals surface area contributed by atoms with Gasteiger partial charge in [0.2, 0.25) is 0 Å². The lowest BCUT2D eigenvalue weighted by molar-refractivity contribution is -0.122. The van der Waals surface area contributed by atoms with E-state index in [-0.39, 0.29) is 24.2 Å². The quantitative estimate of drug-likeness (QED) is 0.134. The minimum atomic E-state index is -1.06. The van der Waals surface area contributed by atoms with E-state index in [2.05, 4.69) is 31.2 Å². The van der Waals surface area contributed by atoms with Crippen molar-refractivity contribution >= 4 is 34.7 Å². The van der Waals surface area contributed by atoms with E-state index >= 15 is 0 Å². The number of benzene rings is 4. The Labute approximate surface area is 292 Å². The first kappa shape index (κ1) is 35.9. The number of carbonyl (C=O) groups is 3. The zero-order valence-electron chi connectivity index (χ0n) is 28.0. The van der Waals surface area contributed by atoms with E-state index < -0.39 is 47.6 Å². The number of hydrogen-bond donors (Lipinski definition) is 3. The minimum absolute atomic E-state index is 0.135. The normalized spacial score (nSPS) is 11.6. The second-order valence-electron chi connectivity index (χ2n) is 11.6. The number of ether oxygens (including phenoxy) is 1. The molecule has 5 aromatic rings. The van der Waals surface area contributed by atoms with Gasteiger partial charge in [-0.1, -0.05) is 11.3 Å². The van der Waals surface area contributed by atoms with E-state index in [0.717, 1.165) is 17.8 Å². The van der Waals surface area contributed by atoms with Crippen molar-refractivity contribution in [1.29, 1.82) is 0 Å². The Hall–Kier alpha value is -6.35. The maximum absolute atomic E-state index is 14.8. The Morgan fingerprint density at radius 2 is 1.55 bits per heavy atom. The largest absolute Gasteiger partial charge is 0.480 e. The smallest absolute Gasteiger partial charge is 0.251 e.